The van der Waals surface area contributed by atoms with Crippen molar-refractivity contribution in [3.63, 3.8) is 0 Å². The Labute approximate surface area is 266 Å². The number of nitrogens with two attached hydrogens (primary N) is 1. The number of ether oxygens (including phenoxy) is 2. The molecule has 4 rings (SSSR count). The van der Waals surface area contributed by atoms with Gasteiger partial charge in [0.2, 0.25) is 23.0 Å². The van der Waals surface area contributed by atoms with Crippen LogP contribution in [-0.2, 0) is 38.3 Å². The molecular weight excluding hydrogens is 636 g/mol. The minimum absolute atomic E-state index is 0.0324. The Morgan fingerprint density at radius 2 is 1.18 bits per heavy atom. The third kappa shape index (κ3) is 11.5. The highest BCUT2D eigenvalue weighted by molar-refractivity contribution is 7.05. The second-order valence-electron chi connectivity index (χ2n) is 11.9. The highest BCUT2D eigenvalue weighted by Crippen LogP contribution is 2.42. The number of aliphatic carboxylic acids is 2. The van der Waals surface area contributed by atoms with E-state index >= 15 is 0 Å². The van der Waals surface area contributed by atoms with Gasteiger partial charge >= 0.3 is 29.7 Å². The standard InChI is InChI=1S/C13H17N3O5S.C8H15NO3.C5H4N2O3S/c1-7-14-9(16-22-7)8(10(17)18)15-21-13(5-6-13)11(19)20-12(2,3)4;1-7(2,3)11-6(10)8(12-9)4-5-8;1-2-6-4(7-11-2)3(8)5(9)10/h5-6H2,1-4H3,(H,17,18);4-5,9H2,1-3H3;1H3,(H,9,10)/b15-8-;;. The molecule has 2 aliphatic rings. The molecule has 2 aliphatic carbocycles. The predicted molar refractivity (Wildman–Crippen MR) is 157 cm³/mol. The van der Waals surface area contributed by atoms with Crippen LogP contribution in [0.1, 0.15) is 93.7 Å². The predicted octanol–water partition coefficient (Wildman–Crippen LogP) is 2.39. The second-order valence-corrected chi connectivity index (χ2v) is 13.8. The fourth-order valence-corrected chi connectivity index (χ4v) is 3.81. The maximum atomic E-state index is 12.1. The van der Waals surface area contributed by atoms with E-state index in [1.54, 1.807) is 34.6 Å². The van der Waals surface area contributed by atoms with Crippen molar-refractivity contribution in [2.45, 2.75) is 103 Å². The summed E-state index contributed by atoms with van der Waals surface area (Å²) < 4.78 is 17.8. The lowest BCUT2D eigenvalue weighted by Gasteiger charge is -2.22. The van der Waals surface area contributed by atoms with Crippen LogP contribution in [0.4, 0.5) is 0 Å². The fourth-order valence-electron chi connectivity index (χ4n) is 2.86. The number of carbonyl (C=O) groups excluding carboxylic acids is 3. The molecule has 45 heavy (non-hydrogen) atoms. The van der Waals surface area contributed by atoms with Crippen molar-refractivity contribution < 1.29 is 53.3 Å². The first-order valence-corrected chi connectivity index (χ1v) is 14.9. The maximum Gasteiger partial charge on any atom is 0.380 e. The van der Waals surface area contributed by atoms with Crippen LogP contribution in [0.15, 0.2) is 5.16 Å². The van der Waals surface area contributed by atoms with Gasteiger partial charge in [-0.25, -0.2) is 35.0 Å². The number of hydrogen-bond donors (Lipinski definition) is 3. The van der Waals surface area contributed by atoms with E-state index in [0.29, 0.717) is 35.7 Å². The summed E-state index contributed by atoms with van der Waals surface area (Å²) in [5.41, 5.74) is -3.57. The SMILES string of the molecule is CC(C)(C)OC(=O)C1(ON)CC1.Cc1nc(/C(=N/OC2(C(=O)OC(C)(C)C)CC2)C(=O)O)ns1.Cc1nc(C(=O)C(=O)O)ns1. The number of oxime groups is 1. The van der Waals surface area contributed by atoms with Crippen LogP contribution in [-0.4, -0.2) is 86.7 Å². The number of aromatic nitrogens is 4. The van der Waals surface area contributed by atoms with E-state index in [9.17, 15) is 29.1 Å². The number of carboxylic acid groups (broad SMARTS) is 2. The van der Waals surface area contributed by atoms with Crippen LogP contribution >= 0.6 is 23.1 Å². The lowest BCUT2D eigenvalue weighted by atomic mass is 10.2. The van der Waals surface area contributed by atoms with Crippen LogP contribution in [0.25, 0.3) is 0 Å². The number of carboxylic acids is 2. The van der Waals surface area contributed by atoms with Crippen LogP contribution in [0.5, 0.6) is 0 Å². The van der Waals surface area contributed by atoms with Crippen molar-refractivity contribution in [3.05, 3.63) is 21.7 Å². The molecule has 2 fully saturated rings. The van der Waals surface area contributed by atoms with Gasteiger partial charge in [0.25, 0.3) is 0 Å². The highest BCUT2D eigenvalue weighted by Gasteiger charge is 2.57. The summed E-state index contributed by atoms with van der Waals surface area (Å²) >= 11 is 2.07. The van der Waals surface area contributed by atoms with Crippen molar-refractivity contribution in [2.24, 2.45) is 11.1 Å². The van der Waals surface area contributed by atoms with E-state index < -0.39 is 51.8 Å². The molecule has 19 heteroatoms. The molecule has 2 aromatic heterocycles. The summed E-state index contributed by atoms with van der Waals surface area (Å²) in [7, 11) is 0. The average Bonchev–Trinajstić information content (AvgIpc) is 3.80. The summed E-state index contributed by atoms with van der Waals surface area (Å²) in [5, 5.41) is 22.2. The normalized spacial score (nSPS) is 16.1. The summed E-state index contributed by atoms with van der Waals surface area (Å²) in [6.45, 7) is 14.0. The zero-order chi connectivity index (χ0) is 34.4. The van der Waals surface area contributed by atoms with Crippen molar-refractivity contribution in [2.75, 3.05) is 0 Å². The number of rotatable bonds is 9. The van der Waals surface area contributed by atoms with Crippen molar-refractivity contribution in [3.8, 4) is 0 Å². The first kappa shape index (κ1) is 37.2. The monoisotopic (exact) mass is 672 g/mol. The zero-order valence-corrected chi connectivity index (χ0v) is 27.7. The Morgan fingerprint density at radius 3 is 1.49 bits per heavy atom. The molecule has 0 spiro atoms. The van der Waals surface area contributed by atoms with E-state index in [4.69, 9.17) is 25.3 Å². The van der Waals surface area contributed by atoms with Gasteiger partial charge in [0.1, 0.15) is 21.2 Å². The van der Waals surface area contributed by atoms with Gasteiger partial charge in [-0.15, -0.1) is 0 Å². The molecule has 2 aromatic rings. The van der Waals surface area contributed by atoms with Gasteiger partial charge in [-0.3, -0.25) is 9.63 Å². The van der Waals surface area contributed by atoms with Gasteiger partial charge in [-0.05, 0) is 91.3 Å². The first-order chi connectivity index (χ1) is 20.6. The minimum atomic E-state index is -1.53. The Hall–Kier alpha value is -3.94. The van der Waals surface area contributed by atoms with Gasteiger partial charge < -0.3 is 24.5 Å². The summed E-state index contributed by atoms with van der Waals surface area (Å²) in [4.78, 5) is 72.7. The number of hydrogen-bond acceptors (Lipinski definition) is 17. The number of nitrogens with zero attached hydrogens (tertiary/aromatic N) is 5. The maximum absolute atomic E-state index is 12.1. The fraction of sp³-hybridized carbons (Fsp3) is 0.615. The number of esters is 2. The Morgan fingerprint density at radius 1 is 0.756 bits per heavy atom. The smallest absolute Gasteiger partial charge is 0.380 e. The number of Topliss-reactive ketones (excluding diaryl/α,β-unsaturated/α-hetero) is 1. The van der Waals surface area contributed by atoms with Crippen LogP contribution in [0.3, 0.4) is 0 Å². The van der Waals surface area contributed by atoms with E-state index in [1.807, 2.05) is 20.8 Å². The van der Waals surface area contributed by atoms with Gasteiger partial charge in [0.05, 0.1) is 0 Å². The Balaban J connectivity index is 0.000000259. The molecular formula is C26H36N6O11S2. The lowest BCUT2D eigenvalue weighted by molar-refractivity contribution is -0.173. The largest absolute Gasteiger partial charge is 0.476 e. The molecule has 0 atom stereocenters. The van der Waals surface area contributed by atoms with Crippen molar-refractivity contribution in [1.29, 1.82) is 0 Å². The van der Waals surface area contributed by atoms with Crippen LogP contribution in [0.2, 0.25) is 0 Å². The molecule has 0 amide bonds. The van der Waals surface area contributed by atoms with Gasteiger partial charge in [0, 0.05) is 12.8 Å². The molecule has 0 saturated heterocycles. The molecule has 0 aromatic carbocycles. The van der Waals surface area contributed by atoms with E-state index in [2.05, 4.69) is 28.7 Å². The molecule has 248 valence electrons. The molecule has 0 bridgehead atoms. The van der Waals surface area contributed by atoms with Crippen LogP contribution < -0.4 is 5.90 Å². The number of ketones is 1. The summed E-state index contributed by atoms with van der Waals surface area (Å²) in [6, 6.07) is 0. The minimum Gasteiger partial charge on any atom is -0.476 e. The van der Waals surface area contributed by atoms with Crippen molar-refractivity contribution >= 4 is 58.4 Å². The molecule has 0 unspecified atom stereocenters. The number of aryl methyl sites for hydroxylation is 2. The number of carbonyl (C=O) groups is 5. The quantitative estimate of drug-likeness (QED) is 0.114. The molecule has 0 aliphatic heterocycles. The third-order valence-corrected chi connectivity index (χ3v) is 6.59. The topological polar surface area (TPSA) is 253 Å². The Bertz CT molecular complexity index is 1450. The zero-order valence-electron chi connectivity index (χ0n) is 26.0. The van der Waals surface area contributed by atoms with Gasteiger partial charge in [-0.1, -0.05) is 5.16 Å². The molecule has 2 saturated carbocycles. The van der Waals surface area contributed by atoms with E-state index in [0.717, 1.165) is 23.1 Å². The Kier molecular flexibility index (Phi) is 12.0. The van der Waals surface area contributed by atoms with Crippen molar-refractivity contribution in [1.82, 2.24) is 18.7 Å². The van der Waals surface area contributed by atoms with Gasteiger partial charge in [-0.2, -0.15) is 8.75 Å². The highest BCUT2D eigenvalue weighted by atomic mass is 32.1. The molecule has 2 heterocycles. The first-order valence-electron chi connectivity index (χ1n) is 13.4. The average molecular weight is 673 g/mol. The lowest BCUT2D eigenvalue weighted by Crippen LogP contribution is -2.36. The third-order valence-electron chi connectivity index (χ3n) is 5.35. The summed E-state index contributed by atoms with van der Waals surface area (Å²) in [5.74, 6) is -0.0833. The molecule has 0 radical (unpaired) electrons. The molecule has 17 nitrogen and oxygen atoms in total. The molecule has 4 N–H and O–H groups in total. The van der Waals surface area contributed by atoms with E-state index in [-0.39, 0.29) is 17.6 Å². The second kappa shape index (κ2) is 14.4. The van der Waals surface area contributed by atoms with Gasteiger partial charge in [0.15, 0.2) is 5.60 Å². The summed E-state index contributed by atoms with van der Waals surface area (Å²) in [6.07, 6.45) is 2.19. The van der Waals surface area contributed by atoms with E-state index in [1.165, 1.54) is 0 Å². The van der Waals surface area contributed by atoms with Crippen LogP contribution in [0, 0.1) is 13.8 Å².